The van der Waals surface area contributed by atoms with Crippen LogP contribution in [0.2, 0.25) is 0 Å². The normalized spacial score (nSPS) is 11.2. The molecule has 3 heterocycles. The fraction of sp³-hybridized carbons (Fsp3) is 0.333. The highest BCUT2D eigenvalue weighted by molar-refractivity contribution is 7.71. The first-order valence-electron chi connectivity index (χ1n) is 6.14. The topological polar surface area (TPSA) is 64.3 Å². The Morgan fingerprint density at radius 1 is 1.32 bits per heavy atom. The quantitative estimate of drug-likeness (QED) is 0.740. The molecule has 0 aromatic carbocycles. The Balaban J connectivity index is 1.82. The van der Waals surface area contributed by atoms with Gasteiger partial charge in [0.05, 0.1) is 11.7 Å². The molecule has 0 spiro atoms. The number of aromatic nitrogens is 6. The minimum absolute atomic E-state index is 0.715. The van der Waals surface area contributed by atoms with Gasteiger partial charge in [-0.3, -0.25) is 4.68 Å². The molecule has 0 aliphatic carbocycles. The van der Waals surface area contributed by atoms with E-state index in [1.807, 2.05) is 34.5 Å². The van der Waals surface area contributed by atoms with E-state index < -0.39 is 0 Å². The summed E-state index contributed by atoms with van der Waals surface area (Å²) in [6.45, 7) is 3.62. The van der Waals surface area contributed by atoms with Gasteiger partial charge in [-0.15, -0.1) is 5.10 Å². The number of nitrogens with one attached hydrogen (secondary N) is 1. The first-order chi connectivity index (χ1) is 9.24. The van der Waals surface area contributed by atoms with Gasteiger partial charge in [0.2, 0.25) is 0 Å². The van der Waals surface area contributed by atoms with Gasteiger partial charge in [-0.05, 0) is 37.7 Å². The standard InChI is InChI=1S/C12H14N6S/c1-9-3-4-10-11(14-9)18(12(19)15-10)7-2-6-17-8-5-13-16-17/h3-5,8H,2,6-7H2,1H3,(H,15,19). The Morgan fingerprint density at radius 2 is 2.21 bits per heavy atom. The molecule has 3 aromatic rings. The molecular formula is C12H14N6S. The SMILES string of the molecule is Cc1ccc2[nH]c(=S)n(CCCn3ccnn3)c2n1. The van der Waals surface area contributed by atoms with Crippen LogP contribution in [-0.4, -0.2) is 29.5 Å². The van der Waals surface area contributed by atoms with Crippen LogP contribution in [0.1, 0.15) is 12.1 Å². The van der Waals surface area contributed by atoms with E-state index in [4.69, 9.17) is 12.2 Å². The number of hydrogen-bond acceptors (Lipinski definition) is 4. The van der Waals surface area contributed by atoms with Crippen molar-refractivity contribution < 1.29 is 0 Å². The van der Waals surface area contributed by atoms with Crippen molar-refractivity contribution in [3.8, 4) is 0 Å². The summed E-state index contributed by atoms with van der Waals surface area (Å²) in [5.74, 6) is 0. The second-order valence-corrected chi connectivity index (χ2v) is 4.81. The van der Waals surface area contributed by atoms with Gasteiger partial charge in [0.15, 0.2) is 10.4 Å². The van der Waals surface area contributed by atoms with E-state index in [9.17, 15) is 0 Å². The molecule has 0 saturated heterocycles. The molecule has 7 heteroatoms. The van der Waals surface area contributed by atoms with Gasteiger partial charge in [0.1, 0.15) is 0 Å². The summed E-state index contributed by atoms with van der Waals surface area (Å²) in [7, 11) is 0. The smallest absolute Gasteiger partial charge is 0.179 e. The molecule has 0 aliphatic rings. The molecule has 0 fully saturated rings. The molecule has 19 heavy (non-hydrogen) atoms. The van der Waals surface area contributed by atoms with E-state index >= 15 is 0 Å². The van der Waals surface area contributed by atoms with Gasteiger partial charge >= 0.3 is 0 Å². The predicted octanol–water partition coefficient (Wildman–Crippen LogP) is 2.08. The summed E-state index contributed by atoms with van der Waals surface area (Å²) in [5, 5.41) is 7.73. The first-order valence-corrected chi connectivity index (χ1v) is 6.55. The Kier molecular flexibility index (Phi) is 3.12. The van der Waals surface area contributed by atoms with Crippen molar-refractivity contribution in [3.05, 3.63) is 35.0 Å². The van der Waals surface area contributed by atoms with Crippen LogP contribution in [-0.2, 0) is 13.1 Å². The molecule has 0 amide bonds. The molecule has 0 bridgehead atoms. The number of imidazole rings is 1. The van der Waals surface area contributed by atoms with E-state index in [0.29, 0.717) is 4.77 Å². The summed E-state index contributed by atoms with van der Waals surface area (Å²) in [6, 6.07) is 3.99. The molecule has 0 aliphatic heterocycles. The molecule has 0 radical (unpaired) electrons. The van der Waals surface area contributed by atoms with Crippen molar-refractivity contribution in [2.75, 3.05) is 0 Å². The number of aryl methyl sites for hydroxylation is 3. The summed E-state index contributed by atoms with van der Waals surface area (Å²) >= 11 is 5.34. The van der Waals surface area contributed by atoms with Gasteiger partial charge in [-0.25, -0.2) is 4.98 Å². The van der Waals surface area contributed by atoms with Crippen LogP contribution < -0.4 is 0 Å². The average Bonchev–Trinajstić information content (AvgIpc) is 2.99. The van der Waals surface area contributed by atoms with Crippen LogP contribution in [0.15, 0.2) is 24.5 Å². The molecule has 3 rings (SSSR count). The van der Waals surface area contributed by atoms with Crippen LogP contribution in [0.5, 0.6) is 0 Å². The third-order valence-corrected chi connectivity index (χ3v) is 3.32. The Morgan fingerprint density at radius 3 is 3.00 bits per heavy atom. The van der Waals surface area contributed by atoms with Gasteiger partial charge in [0, 0.05) is 25.0 Å². The van der Waals surface area contributed by atoms with Crippen LogP contribution in [0.3, 0.4) is 0 Å². The zero-order chi connectivity index (χ0) is 13.2. The zero-order valence-corrected chi connectivity index (χ0v) is 11.4. The predicted molar refractivity (Wildman–Crippen MR) is 74.3 cm³/mol. The van der Waals surface area contributed by atoms with E-state index in [-0.39, 0.29) is 0 Å². The lowest BCUT2D eigenvalue weighted by atomic mass is 10.3. The monoisotopic (exact) mass is 274 g/mol. The molecule has 0 saturated carbocycles. The second kappa shape index (κ2) is 4.93. The van der Waals surface area contributed by atoms with Crippen LogP contribution >= 0.6 is 12.2 Å². The average molecular weight is 274 g/mol. The van der Waals surface area contributed by atoms with Crippen molar-refractivity contribution in [1.82, 2.24) is 29.5 Å². The number of fused-ring (bicyclic) bond motifs is 1. The van der Waals surface area contributed by atoms with Gasteiger partial charge in [-0.2, -0.15) is 0 Å². The number of rotatable bonds is 4. The maximum absolute atomic E-state index is 5.34. The maximum atomic E-state index is 5.34. The molecule has 3 aromatic heterocycles. The third-order valence-electron chi connectivity index (χ3n) is 3.00. The fourth-order valence-electron chi connectivity index (χ4n) is 2.08. The van der Waals surface area contributed by atoms with Gasteiger partial charge < -0.3 is 9.55 Å². The highest BCUT2D eigenvalue weighted by Crippen LogP contribution is 2.13. The van der Waals surface area contributed by atoms with Crippen molar-refractivity contribution in [2.45, 2.75) is 26.4 Å². The Bertz CT molecular complexity index is 739. The van der Waals surface area contributed by atoms with Crippen LogP contribution in [0.25, 0.3) is 11.2 Å². The Labute approximate surface area is 115 Å². The number of H-pyrrole nitrogens is 1. The highest BCUT2D eigenvalue weighted by Gasteiger charge is 2.05. The van der Waals surface area contributed by atoms with Crippen molar-refractivity contribution >= 4 is 23.4 Å². The second-order valence-electron chi connectivity index (χ2n) is 4.43. The lowest BCUT2D eigenvalue weighted by Gasteiger charge is -2.04. The summed E-state index contributed by atoms with van der Waals surface area (Å²) in [6.07, 6.45) is 4.47. The molecular weight excluding hydrogens is 260 g/mol. The highest BCUT2D eigenvalue weighted by atomic mass is 32.1. The minimum Gasteiger partial charge on any atom is -0.329 e. The lowest BCUT2D eigenvalue weighted by molar-refractivity contribution is 0.516. The van der Waals surface area contributed by atoms with E-state index in [2.05, 4.69) is 20.3 Å². The van der Waals surface area contributed by atoms with E-state index in [1.54, 1.807) is 6.20 Å². The minimum atomic E-state index is 0.715. The Hall–Kier alpha value is -2.02. The van der Waals surface area contributed by atoms with Gasteiger partial charge in [-0.1, -0.05) is 5.21 Å². The number of aromatic amines is 1. The molecule has 0 atom stereocenters. The number of nitrogens with zero attached hydrogens (tertiary/aromatic N) is 5. The number of pyridine rings is 1. The molecule has 6 nitrogen and oxygen atoms in total. The van der Waals surface area contributed by atoms with Crippen LogP contribution in [0, 0.1) is 11.7 Å². The summed E-state index contributed by atoms with van der Waals surface area (Å²) in [5.41, 5.74) is 2.89. The van der Waals surface area contributed by atoms with Crippen molar-refractivity contribution in [2.24, 2.45) is 0 Å². The fourth-order valence-corrected chi connectivity index (χ4v) is 2.36. The lowest BCUT2D eigenvalue weighted by Crippen LogP contribution is -2.05. The van der Waals surface area contributed by atoms with E-state index in [1.165, 1.54) is 0 Å². The van der Waals surface area contributed by atoms with Crippen molar-refractivity contribution in [1.29, 1.82) is 0 Å². The summed E-state index contributed by atoms with van der Waals surface area (Å²) < 4.78 is 4.57. The first kappa shape index (κ1) is 12.0. The molecule has 98 valence electrons. The number of hydrogen-bond donors (Lipinski definition) is 1. The molecule has 1 N–H and O–H groups in total. The zero-order valence-electron chi connectivity index (χ0n) is 10.6. The van der Waals surface area contributed by atoms with E-state index in [0.717, 1.165) is 36.4 Å². The van der Waals surface area contributed by atoms with Crippen molar-refractivity contribution in [3.63, 3.8) is 0 Å². The maximum Gasteiger partial charge on any atom is 0.179 e. The largest absolute Gasteiger partial charge is 0.329 e. The summed E-state index contributed by atoms with van der Waals surface area (Å²) in [4.78, 5) is 7.72. The van der Waals surface area contributed by atoms with Crippen LogP contribution in [0.4, 0.5) is 0 Å². The third kappa shape index (κ3) is 2.41. The van der Waals surface area contributed by atoms with Gasteiger partial charge in [0.25, 0.3) is 0 Å². The molecule has 0 unspecified atom stereocenters.